The first kappa shape index (κ1) is 10.5. The van der Waals surface area contributed by atoms with Crippen LogP contribution in [0.3, 0.4) is 0 Å². The van der Waals surface area contributed by atoms with E-state index in [-0.39, 0.29) is 18.7 Å². The SMILES string of the molecule is CC1=N[N+]2(C)C(=C1)NN(C)C2N.Cl. The van der Waals surface area contributed by atoms with Gasteiger partial charge in [-0.15, -0.1) is 17.0 Å². The zero-order valence-corrected chi connectivity index (χ0v) is 8.80. The number of nitrogens with zero attached hydrogens (tertiary/aromatic N) is 3. The quantitative estimate of drug-likeness (QED) is 0.537. The van der Waals surface area contributed by atoms with Crippen LogP contribution in [-0.4, -0.2) is 35.7 Å². The number of hydrogen-bond donors (Lipinski definition) is 2. The van der Waals surface area contributed by atoms with Gasteiger partial charge >= 0.3 is 0 Å². The molecule has 74 valence electrons. The number of fused-ring (bicyclic) bond motifs is 1. The van der Waals surface area contributed by atoms with Gasteiger partial charge in [-0.05, 0) is 6.92 Å². The van der Waals surface area contributed by atoms with Crippen molar-refractivity contribution >= 4 is 18.1 Å². The number of rotatable bonds is 0. The predicted molar refractivity (Wildman–Crippen MR) is 53.5 cm³/mol. The molecule has 6 heteroatoms. The molecule has 0 saturated carbocycles. The van der Waals surface area contributed by atoms with E-state index in [1.54, 1.807) is 0 Å². The predicted octanol–water partition coefficient (Wildman–Crippen LogP) is -0.222. The number of hydrazine groups is 1. The van der Waals surface area contributed by atoms with Crippen molar-refractivity contribution in [3.05, 3.63) is 11.9 Å². The minimum absolute atomic E-state index is 0. The van der Waals surface area contributed by atoms with Crippen molar-refractivity contribution in [2.24, 2.45) is 10.8 Å². The molecule has 0 bridgehead atoms. The molecule has 2 rings (SSSR count). The topological polar surface area (TPSA) is 53.7 Å². The van der Waals surface area contributed by atoms with E-state index in [0.717, 1.165) is 11.5 Å². The summed E-state index contributed by atoms with van der Waals surface area (Å²) in [5.74, 6) is 1.04. The summed E-state index contributed by atoms with van der Waals surface area (Å²) in [6, 6.07) is 0. The third-order valence-electron chi connectivity index (χ3n) is 2.40. The Labute approximate surface area is 83.8 Å². The van der Waals surface area contributed by atoms with Crippen LogP contribution in [-0.2, 0) is 0 Å². The van der Waals surface area contributed by atoms with Crippen LogP contribution in [0.5, 0.6) is 0 Å². The summed E-state index contributed by atoms with van der Waals surface area (Å²) in [5.41, 5.74) is 10.1. The van der Waals surface area contributed by atoms with Crippen LogP contribution >= 0.6 is 12.4 Å². The molecule has 0 aliphatic carbocycles. The Kier molecular flexibility index (Phi) is 2.38. The van der Waals surface area contributed by atoms with Crippen LogP contribution < -0.4 is 11.2 Å². The van der Waals surface area contributed by atoms with Crippen molar-refractivity contribution < 1.29 is 4.59 Å². The van der Waals surface area contributed by atoms with Gasteiger partial charge in [0.25, 0.3) is 0 Å². The molecule has 0 spiro atoms. The van der Waals surface area contributed by atoms with Crippen molar-refractivity contribution in [2.45, 2.75) is 13.2 Å². The Morgan fingerprint density at radius 1 is 1.69 bits per heavy atom. The van der Waals surface area contributed by atoms with Crippen LogP contribution in [0.2, 0.25) is 0 Å². The van der Waals surface area contributed by atoms with E-state index < -0.39 is 0 Å². The van der Waals surface area contributed by atoms with Gasteiger partial charge in [0.05, 0.1) is 0 Å². The average molecular weight is 205 g/mol. The Bertz CT molecular complexity index is 287. The van der Waals surface area contributed by atoms with E-state index in [4.69, 9.17) is 5.73 Å². The van der Waals surface area contributed by atoms with Gasteiger partial charge in [-0.2, -0.15) is 5.01 Å². The summed E-state index contributed by atoms with van der Waals surface area (Å²) in [6.45, 7) is 1.98. The summed E-state index contributed by atoms with van der Waals surface area (Å²) < 4.78 is 0.419. The standard InChI is InChI=1S/C7H14N5.ClH/c1-5-4-6-9-11(2)7(8)12(6,3)10-5;/h4,7,9H,8H2,1-3H3;1H/q+1;. The number of nitrogens with two attached hydrogens (primary N) is 1. The van der Waals surface area contributed by atoms with E-state index in [0.29, 0.717) is 4.59 Å². The average Bonchev–Trinajstić information content (AvgIpc) is 2.34. The fourth-order valence-electron chi connectivity index (χ4n) is 1.66. The van der Waals surface area contributed by atoms with Gasteiger partial charge in [0.1, 0.15) is 12.8 Å². The first-order chi connectivity index (χ1) is 5.54. The van der Waals surface area contributed by atoms with Crippen LogP contribution in [0.25, 0.3) is 0 Å². The Morgan fingerprint density at radius 2 is 2.31 bits per heavy atom. The molecular formula is C7H15ClN5+. The smallest absolute Gasteiger partial charge is 0.247 e. The Morgan fingerprint density at radius 3 is 2.85 bits per heavy atom. The normalized spacial score (nSPS) is 37.4. The summed E-state index contributed by atoms with van der Waals surface area (Å²) in [5, 5.41) is 6.31. The molecule has 2 heterocycles. The molecule has 0 amide bonds. The Balaban J connectivity index is 0.000000845. The number of hydrogen-bond acceptors (Lipinski definition) is 4. The summed E-state index contributed by atoms with van der Waals surface area (Å²) in [4.78, 5) is 0. The van der Waals surface area contributed by atoms with Crippen LogP contribution in [0, 0.1) is 0 Å². The van der Waals surface area contributed by atoms with Gasteiger partial charge < -0.3 is 0 Å². The zero-order chi connectivity index (χ0) is 8.93. The molecule has 2 aliphatic heterocycles. The van der Waals surface area contributed by atoms with E-state index >= 15 is 0 Å². The van der Waals surface area contributed by atoms with Crippen LogP contribution in [0.4, 0.5) is 0 Å². The van der Waals surface area contributed by atoms with Crippen LogP contribution in [0.15, 0.2) is 17.0 Å². The van der Waals surface area contributed by atoms with Gasteiger partial charge in [0.2, 0.25) is 12.1 Å². The molecule has 0 aromatic rings. The molecule has 13 heavy (non-hydrogen) atoms. The fraction of sp³-hybridized carbons (Fsp3) is 0.571. The van der Waals surface area contributed by atoms with Gasteiger partial charge in [-0.3, -0.25) is 11.2 Å². The maximum Gasteiger partial charge on any atom is 0.247 e. The highest BCUT2D eigenvalue weighted by Gasteiger charge is 2.48. The van der Waals surface area contributed by atoms with Gasteiger partial charge in [-0.25, -0.2) is 0 Å². The molecule has 2 unspecified atom stereocenters. The van der Waals surface area contributed by atoms with E-state index in [9.17, 15) is 0 Å². The second-order valence-corrected chi connectivity index (χ2v) is 3.43. The van der Waals surface area contributed by atoms with E-state index in [2.05, 4.69) is 10.5 Å². The molecule has 0 radical (unpaired) electrons. The van der Waals surface area contributed by atoms with Crippen molar-refractivity contribution in [1.82, 2.24) is 10.4 Å². The molecule has 3 N–H and O–H groups in total. The second kappa shape index (κ2) is 2.95. The molecule has 1 fully saturated rings. The first-order valence-corrected chi connectivity index (χ1v) is 3.94. The summed E-state index contributed by atoms with van der Waals surface area (Å²) in [6.07, 6.45) is 1.89. The first-order valence-electron chi connectivity index (χ1n) is 3.94. The monoisotopic (exact) mass is 204 g/mol. The highest BCUT2D eigenvalue weighted by Crippen LogP contribution is 2.28. The largest absolute Gasteiger partial charge is 0.266 e. The minimum Gasteiger partial charge on any atom is -0.266 e. The van der Waals surface area contributed by atoms with Crippen LogP contribution in [0.1, 0.15) is 6.92 Å². The Hall–Kier alpha value is -0.620. The highest BCUT2D eigenvalue weighted by atomic mass is 35.5. The van der Waals surface area contributed by atoms with Gasteiger partial charge in [-0.1, -0.05) is 5.10 Å². The summed E-state index contributed by atoms with van der Waals surface area (Å²) in [7, 11) is 3.90. The third-order valence-corrected chi connectivity index (χ3v) is 2.40. The number of halogens is 1. The van der Waals surface area contributed by atoms with Gasteiger partial charge in [0.15, 0.2) is 0 Å². The van der Waals surface area contributed by atoms with Crippen molar-refractivity contribution in [3.8, 4) is 0 Å². The molecule has 0 aromatic carbocycles. The minimum atomic E-state index is -0.131. The maximum absolute atomic E-state index is 5.95. The molecule has 1 saturated heterocycles. The number of quaternary nitrogens is 1. The lowest BCUT2D eigenvalue weighted by Crippen LogP contribution is -2.52. The third kappa shape index (κ3) is 1.24. The van der Waals surface area contributed by atoms with Crippen molar-refractivity contribution in [3.63, 3.8) is 0 Å². The molecule has 2 atom stereocenters. The van der Waals surface area contributed by atoms with Gasteiger partial charge in [0, 0.05) is 13.1 Å². The lowest BCUT2D eigenvalue weighted by Gasteiger charge is -2.23. The second-order valence-electron chi connectivity index (χ2n) is 3.43. The lowest BCUT2D eigenvalue weighted by molar-refractivity contribution is -0.899. The zero-order valence-electron chi connectivity index (χ0n) is 7.98. The van der Waals surface area contributed by atoms with E-state index in [1.807, 2.05) is 32.1 Å². The molecule has 5 nitrogen and oxygen atoms in total. The molecule has 0 aromatic heterocycles. The summed E-state index contributed by atoms with van der Waals surface area (Å²) >= 11 is 0. The fourth-order valence-corrected chi connectivity index (χ4v) is 1.66. The van der Waals surface area contributed by atoms with Crippen molar-refractivity contribution in [2.75, 3.05) is 14.1 Å². The highest BCUT2D eigenvalue weighted by molar-refractivity contribution is 5.93. The molecular weight excluding hydrogens is 190 g/mol. The van der Waals surface area contributed by atoms with E-state index in [1.165, 1.54) is 0 Å². The van der Waals surface area contributed by atoms with Crippen molar-refractivity contribution in [1.29, 1.82) is 0 Å². The number of allylic oxidation sites excluding steroid dienone is 1. The number of nitrogens with one attached hydrogen (secondary N) is 1. The lowest BCUT2D eigenvalue weighted by atomic mass is 10.4. The molecule has 2 aliphatic rings. The maximum atomic E-state index is 5.95.